The number of nitrogens with zero attached hydrogens (tertiary/aromatic N) is 3. The van der Waals surface area contributed by atoms with E-state index >= 15 is 0 Å². The Morgan fingerprint density at radius 3 is 2.61 bits per heavy atom. The number of aromatic hydroxyl groups is 2. The molecule has 6 rings (SSSR count). The quantitative estimate of drug-likeness (QED) is 0.350. The normalized spacial score (nSPS) is 12.8. The third-order valence-corrected chi connectivity index (χ3v) is 6.61. The van der Waals surface area contributed by atoms with Gasteiger partial charge in [-0.05, 0) is 66.3 Å². The van der Waals surface area contributed by atoms with Crippen molar-refractivity contribution in [1.82, 2.24) is 9.38 Å². The second-order valence-corrected chi connectivity index (χ2v) is 8.91. The first-order chi connectivity index (χ1) is 17.4. The molecule has 0 saturated heterocycles. The summed E-state index contributed by atoms with van der Waals surface area (Å²) in [4.78, 5) is 32.1. The molecule has 36 heavy (non-hydrogen) atoms. The summed E-state index contributed by atoms with van der Waals surface area (Å²) in [5.41, 5.74) is 4.61. The maximum atomic E-state index is 13.5. The number of imidazole rings is 1. The van der Waals surface area contributed by atoms with Gasteiger partial charge in [-0.25, -0.2) is 4.98 Å². The van der Waals surface area contributed by atoms with Crippen LogP contribution in [0.15, 0.2) is 73.1 Å². The number of rotatable bonds is 3. The average Bonchev–Trinajstić information content (AvgIpc) is 3.48. The van der Waals surface area contributed by atoms with Crippen molar-refractivity contribution in [1.29, 1.82) is 0 Å². The predicted octanol–water partition coefficient (Wildman–Crippen LogP) is 4.66. The second-order valence-electron chi connectivity index (χ2n) is 8.91. The molecular formula is C28H22N4O4. The number of phenols is 2. The Morgan fingerprint density at radius 2 is 1.81 bits per heavy atom. The minimum Gasteiger partial charge on any atom is -0.508 e. The molecule has 3 heterocycles. The number of aryl methyl sites for hydroxylation is 1. The Balaban J connectivity index is 1.29. The summed E-state index contributed by atoms with van der Waals surface area (Å²) in [6, 6.07) is 16.9. The molecule has 0 saturated carbocycles. The summed E-state index contributed by atoms with van der Waals surface area (Å²) in [7, 11) is 0. The van der Waals surface area contributed by atoms with E-state index in [1.807, 2.05) is 25.1 Å². The summed E-state index contributed by atoms with van der Waals surface area (Å²) < 4.78 is 1.69. The molecule has 0 atom stereocenters. The average molecular weight is 479 g/mol. The number of carbonyl (C=O) groups is 2. The van der Waals surface area contributed by atoms with E-state index in [4.69, 9.17) is 0 Å². The van der Waals surface area contributed by atoms with Crippen LogP contribution in [0.4, 0.5) is 11.4 Å². The molecule has 3 aromatic carbocycles. The highest BCUT2D eigenvalue weighted by atomic mass is 16.3. The Bertz CT molecular complexity index is 1690. The number of amides is 2. The highest BCUT2D eigenvalue weighted by Crippen LogP contribution is 2.41. The van der Waals surface area contributed by atoms with Crippen molar-refractivity contribution in [2.24, 2.45) is 0 Å². The molecule has 0 aliphatic carbocycles. The van der Waals surface area contributed by atoms with Gasteiger partial charge < -0.3 is 24.8 Å². The first-order valence-corrected chi connectivity index (χ1v) is 11.5. The first-order valence-electron chi connectivity index (χ1n) is 11.5. The molecular weight excluding hydrogens is 456 g/mol. The molecule has 1 aliphatic rings. The third kappa shape index (κ3) is 3.51. The maximum Gasteiger partial charge on any atom is 0.278 e. The molecule has 0 bridgehead atoms. The smallest absolute Gasteiger partial charge is 0.278 e. The molecule has 2 amide bonds. The summed E-state index contributed by atoms with van der Waals surface area (Å²) >= 11 is 0. The fourth-order valence-electron chi connectivity index (χ4n) is 4.88. The van der Waals surface area contributed by atoms with Gasteiger partial charge in [-0.3, -0.25) is 9.59 Å². The molecule has 0 radical (unpaired) electrons. The van der Waals surface area contributed by atoms with E-state index < -0.39 is 0 Å². The zero-order valence-electron chi connectivity index (χ0n) is 19.4. The number of hydrogen-bond acceptors (Lipinski definition) is 5. The number of phenolic OH excluding ortho intramolecular Hbond substituents is 2. The van der Waals surface area contributed by atoms with Gasteiger partial charge in [-0.1, -0.05) is 18.2 Å². The molecule has 8 heteroatoms. The molecule has 0 fully saturated rings. The molecule has 3 N–H and O–H groups in total. The van der Waals surface area contributed by atoms with Crippen molar-refractivity contribution < 1.29 is 19.8 Å². The van der Waals surface area contributed by atoms with E-state index in [2.05, 4.69) is 10.3 Å². The number of carbonyl (C=O) groups excluding carboxylic acids is 2. The van der Waals surface area contributed by atoms with Crippen LogP contribution < -0.4 is 10.2 Å². The van der Waals surface area contributed by atoms with Gasteiger partial charge in [-0.2, -0.15) is 0 Å². The highest BCUT2D eigenvalue weighted by molar-refractivity contribution is 6.10. The van der Waals surface area contributed by atoms with E-state index in [-0.39, 0.29) is 29.0 Å². The van der Waals surface area contributed by atoms with Crippen LogP contribution in [0.2, 0.25) is 0 Å². The highest BCUT2D eigenvalue weighted by Gasteiger charge is 2.30. The SMILES string of the molecule is Cc1cccc2c(O)cc3c(c12)CCN3C(=O)c1cn2cc(NC(=O)c3ccc(O)cc3)ccc2n1. The lowest BCUT2D eigenvalue weighted by molar-refractivity contribution is 0.0983. The van der Waals surface area contributed by atoms with Crippen molar-refractivity contribution in [3.8, 4) is 11.5 Å². The molecule has 2 aromatic heterocycles. The van der Waals surface area contributed by atoms with Gasteiger partial charge in [0.2, 0.25) is 0 Å². The van der Waals surface area contributed by atoms with Gasteiger partial charge in [0, 0.05) is 36.0 Å². The minimum absolute atomic E-state index is 0.0859. The second kappa shape index (κ2) is 8.13. The third-order valence-electron chi connectivity index (χ3n) is 6.61. The van der Waals surface area contributed by atoms with Crippen molar-refractivity contribution in [3.63, 3.8) is 0 Å². The molecule has 8 nitrogen and oxygen atoms in total. The Hall–Kier alpha value is -4.85. The van der Waals surface area contributed by atoms with Crippen LogP contribution in [0, 0.1) is 6.92 Å². The van der Waals surface area contributed by atoms with Crippen LogP contribution in [-0.2, 0) is 6.42 Å². The van der Waals surface area contributed by atoms with E-state index in [1.54, 1.807) is 39.9 Å². The van der Waals surface area contributed by atoms with Crippen molar-refractivity contribution in [2.45, 2.75) is 13.3 Å². The number of anilines is 2. The summed E-state index contributed by atoms with van der Waals surface area (Å²) in [6.45, 7) is 2.51. The van der Waals surface area contributed by atoms with Gasteiger partial charge in [0.25, 0.3) is 11.8 Å². The van der Waals surface area contributed by atoms with E-state index in [0.29, 0.717) is 35.6 Å². The monoisotopic (exact) mass is 478 g/mol. The topological polar surface area (TPSA) is 107 Å². The predicted molar refractivity (Wildman–Crippen MR) is 137 cm³/mol. The van der Waals surface area contributed by atoms with Crippen molar-refractivity contribution >= 4 is 39.6 Å². The zero-order chi connectivity index (χ0) is 25.0. The molecule has 178 valence electrons. The molecule has 1 aliphatic heterocycles. The van der Waals surface area contributed by atoms with Gasteiger partial charge in [0.1, 0.15) is 22.8 Å². The Labute approximate surface area is 206 Å². The standard InChI is InChI=1S/C28H22N4O4/c1-16-3-2-4-21-24(34)13-23-20(26(16)21)11-12-32(23)28(36)22-15-31-14-18(7-10-25(31)30-22)29-27(35)17-5-8-19(33)9-6-17/h2-10,13-15,33-34H,11-12H2,1H3,(H,29,35). The Morgan fingerprint density at radius 1 is 1.00 bits per heavy atom. The maximum absolute atomic E-state index is 13.5. The first kappa shape index (κ1) is 21.7. The van der Waals surface area contributed by atoms with Crippen molar-refractivity contribution in [3.05, 3.63) is 95.4 Å². The summed E-state index contributed by atoms with van der Waals surface area (Å²) in [6.07, 6.45) is 4.03. The van der Waals surface area contributed by atoms with Crippen LogP contribution in [0.25, 0.3) is 16.4 Å². The molecule has 0 spiro atoms. The van der Waals surface area contributed by atoms with Gasteiger partial charge in [0.05, 0.1) is 11.4 Å². The fourth-order valence-corrected chi connectivity index (χ4v) is 4.88. The Kier molecular flexibility index (Phi) is 4.89. The van der Waals surface area contributed by atoms with Crippen LogP contribution >= 0.6 is 0 Å². The van der Waals surface area contributed by atoms with E-state index in [0.717, 1.165) is 21.9 Å². The minimum atomic E-state index is -0.318. The van der Waals surface area contributed by atoms with Crippen LogP contribution in [0.3, 0.4) is 0 Å². The number of benzene rings is 3. The largest absolute Gasteiger partial charge is 0.508 e. The summed E-state index contributed by atoms with van der Waals surface area (Å²) in [5.74, 6) is -0.333. The lowest BCUT2D eigenvalue weighted by atomic mass is 9.97. The fraction of sp³-hybridized carbons (Fsp3) is 0.107. The van der Waals surface area contributed by atoms with Crippen LogP contribution in [0.5, 0.6) is 11.5 Å². The van der Waals surface area contributed by atoms with Gasteiger partial charge in [-0.15, -0.1) is 0 Å². The number of aromatic nitrogens is 2. The lowest BCUT2D eigenvalue weighted by Gasteiger charge is -2.17. The van der Waals surface area contributed by atoms with Crippen molar-refractivity contribution in [2.75, 3.05) is 16.8 Å². The number of hydrogen-bond donors (Lipinski definition) is 3. The molecule has 5 aromatic rings. The van der Waals surface area contributed by atoms with Gasteiger partial charge in [0.15, 0.2) is 0 Å². The molecule has 0 unspecified atom stereocenters. The van der Waals surface area contributed by atoms with E-state index in [1.165, 1.54) is 24.3 Å². The summed E-state index contributed by atoms with van der Waals surface area (Å²) in [5, 5.41) is 24.6. The number of fused-ring (bicyclic) bond motifs is 4. The number of nitrogens with one attached hydrogen (secondary N) is 1. The lowest BCUT2D eigenvalue weighted by Crippen LogP contribution is -2.29. The van der Waals surface area contributed by atoms with E-state index in [9.17, 15) is 19.8 Å². The van der Waals surface area contributed by atoms with Crippen LogP contribution in [-0.4, -0.2) is 38.0 Å². The zero-order valence-corrected chi connectivity index (χ0v) is 19.4. The number of pyridine rings is 1. The van der Waals surface area contributed by atoms with Gasteiger partial charge >= 0.3 is 0 Å². The van der Waals surface area contributed by atoms with Crippen LogP contribution in [0.1, 0.15) is 32.0 Å².